The number of hydrogen-bond acceptors (Lipinski definition) is 3. The van der Waals surface area contributed by atoms with E-state index in [4.69, 9.17) is 0 Å². The second kappa shape index (κ2) is 3.82. The number of nitrogens with zero attached hydrogens (tertiary/aromatic N) is 1. The highest BCUT2D eigenvalue weighted by molar-refractivity contribution is 8.00. The summed E-state index contributed by atoms with van der Waals surface area (Å²) in [5.74, 6) is 0. The summed E-state index contributed by atoms with van der Waals surface area (Å²) in [6.45, 7) is 0. The number of H-pyrrole nitrogens is 1. The van der Waals surface area contributed by atoms with Crippen LogP contribution in [0.3, 0.4) is 0 Å². The maximum atomic E-state index is 12.2. The predicted molar refractivity (Wildman–Crippen MR) is 53.4 cm³/mol. The summed E-state index contributed by atoms with van der Waals surface area (Å²) in [5.41, 5.74) is -3.67. The third kappa shape index (κ3) is 2.04. The van der Waals surface area contributed by atoms with Crippen LogP contribution in [0.4, 0.5) is 13.2 Å². The van der Waals surface area contributed by atoms with Gasteiger partial charge in [-0.25, -0.2) is 4.98 Å². The monoisotopic (exact) mass is 246 g/mol. The van der Waals surface area contributed by atoms with Crippen molar-refractivity contribution in [2.24, 2.45) is 0 Å². The van der Waals surface area contributed by atoms with E-state index in [0.717, 1.165) is 0 Å². The van der Waals surface area contributed by atoms with Gasteiger partial charge in [-0.1, -0.05) is 0 Å². The van der Waals surface area contributed by atoms with Gasteiger partial charge in [-0.05, 0) is 23.9 Å². The number of carbonyl (C=O) groups is 1. The van der Waals surface area contributed by atoms with Gasteiger partial charge in [0.1, 0.15) is 0 Å². The number of carbonyl (C=O) groups excluding carboxylic acids is 1. The first kappa shape index (κ1) is 11.0. The Morgan fingerprint density at radius 1 is 1.38 bits per heavy atom. The Hall–Kier alpha value is -1.50. The van der Waals surface area contributed by atoms with Crippen LogP contribution in [0.15, 0.2) is 23.4 Å². The van der Waals surface area contributed by atoms with Crippen LogP contribution in [-0.4, -0.2) is 21.8 Å². The van der Waals surface area contributed by atoms with E-state index in [1.54, 1.807) is 0 Å². The third-order valence-electron chi connectivity index (χ3n) is 1.93. The Morgan fingerprint density at radius 2 is 2.12 bits per heavy atom. The van der Waals surface area contributed by atoms with E-state index in [1.165, 1.54) is 18.5 Å². The van der Waals surface area contributed by atoms with Crippen LogP contribution < -0.4 is 0 Å². The summed E-state index contributed by atoms with van der Waals surface area (Å²) in [5, 5.41) is 0. The molecule has 1 aromatic carbocycles. The number of halogens is 3. The molecule has 0 unspecified atom stereocenters. The fraction of sp³-hybridized carbons (Fsp3) is 0.111. The molecule has 1 aromatic heterocycles. The first-order valence-electron chi connectivity index (χ1n) is 4.18. The van der Waals surface area contributed by atoms with E-state index in [-0.39, 0.29) is 27.7 Å². The van der Waals surface area contributed by atoms with Crippen molar-refractivity contribution >= 4 is 29.1 Å². The largest absolute Gasteiger partial charge is 0.446 e. The van der Waals surface area contributed by atoms with Gasteiger partial charge in [0.2, 0.25) is 0 Å². The number of fused-ring (bicyclic) bond motifs is 1. The molecule has 0 amide bonds. The molecule has 0 saturated carbocycles. The van der Waals surface area contributed by atoms with Gasteiger partial charge in [0.05, 0.1) is 22.9 Å². The van der Waals surface area contributed by atoms with Crippen molar-refractivity contribution in [2.45, 2.75) is 10.4 Å². The molecule has 0 spiro atoms. The van der Waals surface area contributed by atoms with Crippen LogP contribution in [0.5, 0.6) is 0 Å². The molecular weight excluding hydrogens is 241 g/mol. The molecule has 0 aliphatic heterocycles. The van der Waals surface area contributed by atoms with Crippen molar-refractivity contribution in [3.8, 4) is 0 Å². The molecule has 3 nitrogen and oxygen atoms in total. The average molecular weight is 246 g/mol. The van der Waals surface area contributed by atoms with Crippen LogP contribution in [0.1, 0.15) is 10.4 Å². The Bertz CT molecular complexity index is 535. The Kier molecular flexibility index (Phi) is 2.63. The Balaban J connectivity index is 2.56. The molecule has 2 aromatic rings. The van der Waals surface area contributed by atoms with Gasteiger partial charge in [0.15, 0.2) is 6.29 Å². The van der Waals surface area contributed by atoms with Gasteiger partial charge >= 0.3 is 5.51 Å². The Morgan fingerprint density at radius 3 is 2.75 bits per heavy atom. The maximum Gasteiger partial charge on any atom is 0.446 e. The minimum absolute atomic E-state index is 0.0407. The summed E-state index contributed by atoms with van der Waals surface area (Å²) in [7, 11) is 0. The number of benzene rings is 1. The summed E-state index contributed by atoms with van der Waals surface area (Å²) >= 11 is -0.315. The quantitative estimate of drug-likeness (QED) is 0.654. The zero-order valence-corrected chi connectivity index (χ0v) is 8.52. The topological polar surface area (TPSA) is 45.8 Å². The lowest BCUT2D eigenvalue weighted by atomic mass is 10.2. The lowest BCUT2D eigenvalue weighted by molar-refractivity contribution is -0.0328. The number of imidazole rings is 1. The molecule has 0 saturated heterocycles. The normalized spacial score (nSPS) is 11.9. The summed E-state index contributed by atoms with van der Waals surface area (Å²) in [6, 6.07) is 2.71. The number of aromatic nitrogens is 2. The highest BCUT2D eigenvalue weighted by atomic mass is 32.2. The minimum atomic E-state index is -4.41. The summed E-state index contributed by atoms with van der Waals surface area (Å²) in [4.78, 5) is 17.2. The molecule has 16 heavy (non-hydrogen) atoms. The number of aromatic amines is 1. The summed E-state index contributed by atoms with van der Waals surface area (Å²) < 4.78 is 36.6. The zero-order chi connectivity index (χ0) is 11.8. The molecule has 7 heteroatoms. The standard InChI is InChI=1S/C9H5F3N2OS/c10-9(11,12)16-7-2-1-6-8(5(7)3-15)14-4-13-6/h1-4H,(H,13,14). The SMILES string of the molecule is O=Cc1c(SC(F)(F)F)ccc2[nH]cnc12. The fourth-order valence-electron chi connectivity index (χ4n) is 1.34. The number of thioether (sulfide) groups is 1. The molecule has 0 aliphatic rings. The molecule has 1 N–H and O–H groups in total. The van der Waals surface area contributed by atoms with E-state index in [1.807, 2.05) is 0 Å². The first-order valence-corrected chi connectivity index (χ1v) is 5.00. The minimum Gasteiger partial charge on any atom is -0.345 e. The van der Waals surface area contributed by atoms with Crippen molar-refractivity contribution in [1.29, 1.82) is 0 Å². The smallest absolute Gasteiger partial charge is 0.345 e. The predicted octanol–water partition coefficient (Wildman–Crippen LogP) is 2.99. The van der Waals surface area contributed by atoms with Gasteiger partial charge in [0, 0.05) is 4.90 Å². The Labute approximate surface area is 92.1 Å². The van der Waals surface area contributed by atoms with Gasteiger partial charge < -0.3 is 4.98 Å². The van der Waals surface area contributed by atoms with Crippen LogP contribution in [0, 0.1) is 0 Å². The van der Waals surface area contributed by atoms with E-state index in [9.17, 15) is 18.0 Å². The zero-order valence-electron chi connectivity index (χ0n) is 7.71. The second-order valence-electron chi connectivity index (χ2n) is 2.94. The van der Waals surface area contributed by atoms with Crippen molar-refractivity contribution in [3.05, 3.63) is 24.0 Å². The number of aldehydes is 1. The fourth-order valence-corrected chi connectivity index (χ4v) is 1.98. The van der Waals surface area contributed by atoms with Crippen molar-refractivity contribution in [1.82, 2.24) is 9.97 Å². The molecule has 0 aliphatic carbocycles. The number of rotatable bonds is 2. The molecular formula is C9H5F3N2OS. The van der Waals surface area contributed by atoms with Crippen molar-refractivity contribution in [3.63, 3.8) is 0 Å². The van der Waals surface area contributed by atoms with E-state index in [2.05, 4.69) is 9.97 Å². The van der Waals surface area contributed by atoms with Crippen LogP contribution in [-0.2, 0) is 0 Å². The van der Waals surface area contributed by atoms with Crippen LogP contribution >= 0.6 is 11.8 Å². The highest BCUT2D eigenvalue weighted by Gasteiger charge is 2.30. The number of hydrogen-bond donors (Lipinski definition) is 1. The lowest BCUT2D eigenvalue weighted by Crippen LogP contribution is -2.01. The molecule has 0 atom stereocenters. The van der Waals surface area contributed by atoms with Crippen LogP contribution in [0.2, 0.25) is 0 Å². The lowest BCUT2D eigenvalue weighted by Gasteiger charge is -2.07. The highest BCUT2D eigenvalue weighted by Crippen LogP contribution is 2.39. The number of alkyl halides is 3. The van der Waals surface area contributed by atoms with Gasteiger partial charge in [0.25, 0.3) is 0 Å². The molecule has 84 valence electrons. The third-order valence-corrected chi connectivity index (χ3v) is 2.74. The van der Waals surface area contributed by atoms with Gasteiger partial charge in [-0.2, -0.15) is 13.2 Å². The second-order valence-corrected chi connectivity index (χ2v) is 4.05. The summed E-state index contributed by atoms with van der Waals surface area (Å²) in [6.07, 6.45) is 1.72. The van der Waals surface area contributed by atoms with E-state index < -0.39 is 5.51 Å². The first-order chi connectivity index (χ1) is 7.51. The van der Waals surface area contributed by atoms with E-state index in [0.29, 0.717) is 11.8 Å². The van der Waals surface area contributed by atoms with Gasteiger partial charge in [-0.15, -0.1) is 0 Å². The molecule has 1 heterocycles. The molecule has 0 radical (unpaired) electrons. The number of nitrogens with one attached hydrogen (secondary N) is 1. The van der Waals surface area contributed by atoms with Crippen molar-refractivity contribution in [2.75, 3.05) is 0 Å². The van der Waals surface area contributed by atoms with E-state index >= 15 is 0 Å². The van der Waals surface area contributed by atoms with Crippen molar-refractivity contribution < 1.29 is 18.0 Å². The molecule has 0 bridgehead atoms. The maximum absolute atomic E-state index is 12.2. The molecule has 2 rings (SSSR count). The average Bonchev–Trinajstić information content (AvgIpc) is 2.62. The van der Waals surface area contributed by atoms with Gasteiger partial charge in [-0.3, -0.25) is 4.79 Å². The van der Waals surface area contributed by atoms with Crippen LogP contribution in [0.25, 0.3) is 11.0 Å². The molecule has 0 fully saturated rings.